The largest absolute Gasteiger partial charge is 0.368 e. The van der Waals surface area contributed by atoms with Crippen molar-refractivity contribution in [3.05, 3.63) is 41.0 Å². The maximum Gasteiger partial charge on any atom is 0.246 e. The molecule has 1 aromatic carbocycles. The number of carbonyl (C=O) groups excluding carboxylic acids is 1. The molecular weight excluding hydrogens is 233 g/mol. The van der Waals surface area contributed by atoms with Gasteiger partial charge in [-0.1, -0.05) is 17.7 Å². The third kappa shape index (κ3) is 3.79. The number of carbonyl (C=O) groups is 1. The average Bonchev–Trinajstić information content (AvgIpc) is 2.23. The van der Waals surface area contributed by atoms with Crippen molar-refractivity contribution in [3.8, 4) is 0 Å². The fourth-order valence-electron chi connectivity index (χ4n) is 1.01. The van der Waals surface area contributed by atoms with E-state index in [4.69, 9.17) is 22.1 Å². The topological polar surface area (TPSA) is 52.3 Å². The zero-order valence-electron chi connectivity index (χ0n) is 8.74. The molecule has 5 heteroatoms. The van der Waals surface area contributed by atoms with Gasteiger partial charge in [-0.25, -0.2) is 4.39 Å². The predicted octanol–water partition coefficient (Wildman–Crippen LogP) is 1.92. The molecule has 1 rings (SSSR count). The van der Waals surface area contributed by atoms with Crippen LogP contribution in [0.15, 0.2) is 18.2 Å². The van der Waals surface area contributed by atoms with Gasteiger partial charge in [-0.05, 0) is 24.6 Å². The van der Waals surface area contributed by atoms with Crippen LogP contribution in [-0.2, 0) is 9.53 Å². The summed E-state index contributed by atoms with van der Waals surface area (Å²) in [6, 6.07) is 4.32. The van der Waals surface area contributed by atoms with Crippen LogP contribution in [0.3, 0.4) is 0 Å². The summed E-state index contributed by atoms with van der Waals surface area (Å²) in [6.07, 6.45) is 1.04. The van der Waals surface area contributed by atoms with E-state index in [1.54, 1.807) is 19.4 Å². The molecule has 0 saturated heterocycles. The molecule has 0 aliphatic heterocycles. The summed E-state index contributed by atoms with van der Waals surface area (Å²) in [5.74, 6) is -0.990. The van der Waals surface area contributed by atoms with Crippen molar-refractivity contribution in [1.82, 2.24) is 0 Å². The van der Waals surface area contributed by atoms with E-state index < -0.39 is 17.8 Å². The van der Waals surface area contributed by atoms with Gasteiger partial charge >= 0.3 is 0 Å². The molecule has 0 bridgehead atoms. The van der Waals surface area contributed by atoms with Crippen LogP contribution < -0.4 is 5.73 Å². The molecular formula is C11H12ClFNO2. The van der Waals surface area contributed by atoms with Crippen molar-refractivity contribution in [3.63, 3.8) is 0 Å². The molecule has 0 spiro atoms. The number of halogens is 2. The highest BCUT2D eigenvalue weighted by Crippen LogP contribution is 2.17. The standard InChI is InChI=1S/C11H12ClFNO2/c1-7(11(14)15)16-5-4-8-2-3-10(13)9(12)6-8/h2-4,6-7H,5H2,1H3,(H2,14,15)/t7-/m0/s1. The molecule has 1 atom stereocenters. The van der Waals surface area contributed by atoms with Crippen LogP contribution in [0.5, 0.6) is 0 Å². The summed E-state index contributed by atoms with van der Waals surface area (Å²) in [5, 5.41) is 0.0525. The van der Waals surface area contributed by atoms with Gasteiger partial charge < -0.3 is 10.5 Å². The van der Waals surface area contributed by atoms with Gasteiger partial charge in [0.15, 0.2) is 0 Å². The Labute approximate surface area is 98.3 Å². The van der Waals surface area contributed by atoms with Crippen molar-refractivity contribution in [2.24, 2.45) is 5.73 Å². The third-order valence-corrected chi connectivity index (χ3v) is 2.30. The zero-order valence-corrected chi connectivity index (χ0v) is 9.50. The molecule has 0 saturated carbocycles. The Kier molecular flexibility index (Phi) is 4.71. The maximum absolute atomic E-state index is 12.8. The lowest BCUT2D eigenvalue weighted by atomic mass is 10.1. The predicted molar refractivity (Wildman–Crippen MR) is 59.4 cm³/mol. The van der Waals surface area contributed by atoms with E-state index >= 15 is 0 Å². The Bertz CT molecular complexity index is 384. The normalized spacial score (nSPS) is 12.4. The van der Waals surface area contributed by atoms with Gasteiger partial charge in [-0.3, -0.25) is 4.79 Å². The fraction of sp³-hybridized carbons (Fsp3) is 0.273. The maximum atomic E-state index is 12.8. The number of amides is 1. The number of rotatable bonds is 5. The summed E-state index contributed by atoms with van der Waals surface area (Å²) in [6.45, 7) is 1.78. The summed E-state index contributed by atoms with van der Waals surface area (Å²) < 4.78 is 17.9. The monoisotopic (exact) mass is 244 g/mol. The van der Waals surface area contributed by atoms with Gasteiger partial charge in [0.1, 0.15) is 11.9 Å². The first kappa shape index (κ1) is 12.9. The molecule has 87 valence electrons. The van der Waals surface area contributed by atoms with Crippen molar-refractivity contribution >= 4 is 17.5 Å². The highest BCUT2D eigenvalue weighted by molar-refractivity contribution is 6.30. The Balaban J connectivity index is 2.43. The molecule has 0 fully saturated rings. The molecule has 0 aromatic heterocycles. The smallest absolute Gasteiger partial charge is 0.246 e. The Morgan fingerprint density at radius 2 is 2.38 bits per heavy atom. The first-order valence-electron chi connectivity index (χ1n) is 4.70. The second-order valence-electron chi connectivity index (χ2n) is 3.26. The zero-order chi connectivity index (χ0) is 12.1. The van der Waals surface area contributed by atoms with E-state index in [2.05, 4.69) is 0 Å². The molecule has 1 amide bonds. The van der Waals surface area contributed by atoms with Crippen molar-refractivity contribution < 1.29 is 13.9 Å². The van der Waals surface area contributed by atoms with E-state index in [1.807, 2.05) is 0 Å². The molecule has 0 aliphatic rings. The number of hydrogen-bond acceptors (Lipinski definition) is 2. The first-order chi connectivity index (χ1) is 7.50. The Morgan fingerprint density at radius 1 is 1.69 bits per heavy atom. The van der Waals surface area contributed by atoms with Crippen LogP contribution in [0.1, 0.15) is 12.5 Å². The number of benzene rings is 1. The number of primary amides is 1. The Hall–Kier alpha value is -1.13. The van der Waals surface area contributed by atoms with Gasteiger partial charge in [0.05, 0.1) is 11.6 Å². The lowest BCUT2D eigenvalue weighted by Gasteiger charge is -2.08. The quantitative estimate of drug-likeness (QED) is 0.860. The molecule has 0 aliphatic carbocycles. The highest BCUT2D eigenvalue weighted by Gasteiger charge is 2.08. The van der Waals surface area contributed by atoms with Gasteiger partial charge in [-0.15, -0.1) is 0 Å². The van der Waals surface area contributed by atoms with Crippen LogP contribution in [0.2, 0.25) is 5.02 Å². The lowest BCUT2D eigenvalue weighted by Crippen LogP contribution is -2.28. The van der Waals surface area contributed by atoms with Crippen LogP contribution in [-0.4, -0.2) is 18.6 Å². The minimum absolute atomic E-state index is 0.0525. The SMILES string of the molecule is C[C@H](OC[CH]c1ccc(F)c(Cl)c1)C(N)=O. The average molecular weight is 245 g/mol. The summed E-state index contributed by atoms with van der Waals surface area (Å²) in [4.78, 5) is 10.7. The minimum Gasteiger partial charge on any atom is -0.368 e. The van der Waals surface area contributed by atoms with Crippen molar-refractivity contribution in [1.29, 1.82) is 0 Å². The highest BCUT2D eigenvalue weighted by atomic mass is 35.5. The Morgan fingerprint density at radius 3 is 2.94 bits per heavy atom. The van der Waals surface area contributed by atoms with Crippen LogP contribution in [0, 0.1) is 12.2 Å². The summed E-state index contributed by atoms with van der Waals surface area (Å²) in [5.41, 5.74) is 5.74. The molecule has 0 heterocycles. The van der Waals surface area contributed by atoms with Crippen molar-refractivity contribution in [2.75, 3.05) is 6.61 Å². The van der Waals surface area contributed by atoms with Gasteiger partial charge in [0.25, 0.3) is 0 Å². The van der Waals surface area contributed by atoms with Crippen LogP contribution in [0.25, 0.3) is 0 Å². The van der Waals surface area contributed by atoms with Crippen LogP contribution in [0.4, 0.5) is 4.39 Å². The molecule has 16 heavy (non-hydrogen) atoms. The summed E-state index contributed by atoms with van der Waals surface area (Å²) in [7, 11) is 0. The third-order valence-electron chi connectivity index (χ3n) is 2.01. The molecule has 1 aromatic rings. The van der Waals surface area contributed by atoms with Gasteiger partial charge in [-0.2, -0.15) is 0 Å². The second kappa shape index (κ2) is 5.82. The van der Waals surface area contributed by atoms with E-state index in [-0.39, 0.29) is 11.6 Å². The van der Waals surface area contributed by atoms with E-state index in [1.165, 1.54) is 12.1 Å². The lowest BCUT2D eigenvalue weighted by molar-refractivity contribution is -0.127. The minimum atomic E-state index is -0.646. The van der Waals surface area contributed by atoms with Gasteiger partial charge in [0, 0.05) is 6.42 Å². The molecule has 3 nitrogen and oxygen atoms in total. The molecule has 0 unspecified atom stereocenters. The van der Waals surface area contributed by atoms with E-state index in [0.29, 0.717) is 0 Å². The van der Waals surface area contributed by atoms with Crippen molar-refractivity contribution in [2.45, 2.75) is 13.0 Å². The van der Waals surface area contributed by atoms with E-state index in [0.717, 1.165) is 5.56 Å². The number of hydrogen-bond donors (Lipinski definition) is 1. The second-order valence-corrected chi connectivity index (χ2v) is 3.66. The van der Waals surface area contributed by atoms with E-state index in [9.17, 15) is 9.18 Å². The summed E-state index contributed by atoms with van der Waals surface area (Å²) >= 11 is 5.60. The number of nitrogens with two attached hydrogens (primary N) is 1. The number of ether oxygens (including phenoxy) is 1. The molecule has 1 radical (unpaired) electrons. The fourth-order valence-corrected chi connectivity index (χ4v) is 1.20. The van der Waals surface area contributed by atoms with Gasteiger partial charge in [0.2, 0.25) is 5.91 Å². The molecule has 2 N–H and O–H groups in total. The first-order valence-corrected chi connectivity index (χ1v) is 5.07. The van der Waals surface area contributed by atoms with Crippen LogP contribution >= 0.6 is 11.6 Å².